The lowest BCUT2D eigenvalue weighted by molar-refractivity contribution is -0.136. The molecule has 168 valence electrons. The van der Waals surface area contributed by atoms with Crippen molar-refractivity contribution >= 4 is 23.6 Å². The molecule has 1 saturated heterocycles. The minimum Gasteiger partial charge on any atom is -0.493 e. The van der Waals surface area contributed by atoms with Gasteiger partial charge in [-0.2, -0.15) is 0 Å². The molecule has 8 heteroatoms. The summed E-state index contributed by atoms with van der Waals surface area (Å²) in [6.45, 7) is 1.23. The van der Waals surface area contributed by atoms with Crippen molar-refractivity contribution in [1.29, 1.82) is 0 Å². The molecule has 8 nitrogen and oxygen atoms in total. The Morgan fingerprint density at radius 3 is 2.29 bits per heavy atom. The van der Waals surface area contributed by atoms with E-state index in [0.717, 1.165) is 37.1 Å². The first kappa shape index (κ1) is 22.9. The Bertz CT molecular complexity index is 839. The second-order valence-corrected chi connectivity index (χ2v) is 8.09. The Morgan fingerprint density at radius 2 is 1.61 bits per heavy atom. The molecule has 1 unspecified atom stereocenters. The normalized spacial score (nSPS) is 18.4. The van der Waals surface area contributed by atoms with Gasteiger partial charge in [0.25, 0.3) is 11.8 Å². The number of imide groups is 2. The average molecular weight is 430 g/mol. The highest BCUT2D eigenvalue weighted by Gasteiger charge is 2.45. The first-order chi connectivity index (χ1) is 15.0. The number of piperidine rings is 1. The minimum absolute atomic E-state index is 0.0974. The highest BCUT2D eigenvalue weighted by Crippen LogP contribution is 2.33. The van der Waals surface area contributed by atoms with Crippen LogP contribution < -0.4 is 15.8 Å². The van der Waals surface area contributed by atoms with Crippen LogP contribution in [0.25, 0.3) is 0 Å². The van der Waals surface area contributed by atoms with Crippen LogP contribution in [0.1, 0.15) is 84.9 Å². The first-order valence-electron chi connectivity index (χ1n) is 11.2. The SMILES string of the molecule is NCCCCCCCCCCOc1cccc2c1C(=O)N(C1CCC(=O)NC1=O)C2=O. The molecule has 1 fully saturated rings. The van der Waals surface area contributed by atoms with Crippen LogP contribution in [0.4, 0.5) is 0 Å². The van der Waals surface area contributed by atoms with Crippen LogP contribution in [0.3, 0.4) is 0 Å². The first-order valence-corrected chi connectivity index (χ1v) is 11.2. The molecule has 0 spiro atoms. The third kappa shape index (κ3) is 5.50. The number of ether oxygens (including phenoxy) is 1. The molecule has 0 aromatic heterocycles. The van der Waals surface area contributed by atoms with Crippen molar-refractivity contribution in [3.05, 3.63) is 29.3 Å². The lowest BCUT2D eigenvalue weighted by atomic mass is 10.0. The molecule has 0 saturated carbocycles. The minimum atomic E-state index is -0.970. The van der Waals surface area contributed by atoms with E-state index >= 15 is 0 Å². The number of hydrogen-bond acceptors (Lipinski definition) is 6. The Hall–Kier alpha value is -2.74. The summed E-state index contributed by atoms with van der Waals surface area (Å²) < 4.78 is 5.84. The number of hydrogen-bond donors (Lipinski definition) is 2. The van der Waals surface area contributed by atoms with Gasteiger partial charge in [0, 0.05) is 6.42 Å². The highest BCUT2D eigenvalue weighted by molar-refractivity contribution is 6.24. The molecular weight excluding hydrogens is 398 g/mol. The van der Waals surface area contributed by atoms with Gasteiger partial charge in [-0.3, -0.25) is 29.4 Å². The highest BCUT2D eigenvalue weighted by atomic mass is 16.5. The fraction of sp³-hybridized carbons (Fsp3) is 0.565. The van der Waals surface area contributed by atoms with Crippen LogP contribution in [0.15, 0.2) is 18.2 Å². The van der Waals surface area contributed by atoms with E-state index in [1.54, 1.807) is 18.2 Å². The Labute approximate surface area is 182 Å². The molecule has 0 bridgehead atoms. The predicted octanol–water partition coefficient (Wildman–Crippen LogP) is 2.55. The number of carbonyl (C=O) groups is 4. The summed E-state index contributed by atoms with van der Waals surface area (Å²) in [5.41, 5.74) is 5.94. The largest absolute Gasteiger partial charge is 0.493 e. The van der Waals surface area contributed by atoms with Gasteiger partial charge in [0.2, 0.25) is 11.8 Å². The summed E-state index contributed by atoms with van der Waals surface area (Å²) in [4.78, 5) is 50.3. The fourth-order valence-corrected chi connectivity index (χ4v) is 4.09. The third-order valence-corrected chi connectivity index (χ3v) is 5.79. The van der Waals surface area contributed by atoms with E-state index in [1.165, 1.54) is 25.7 Å². The summed E-state index contributed by atoms with van der Waals surface area (Å²) in [7, 11) is 0. The lowest BCUT2D eigenvalue weighted by Gasteiger charge is -2.27. The predicted molar refractivity (Wildman–Crippen MR) is 115 cm³/mol. The summed E-state index contributed by atoms with van der Waals surface area (Å²) >= 11 is 0. The van der Waals surface area contributed by atoms with E-state index in [2.05, 4.69) is 5.32 Å². The lowest BCUT2D eigenvalue weighted by Crippen LogP contribution is -2.54. The van der Waals surface area contributed by atoms with Gasteiger partial charge in [-0.05, 0) is 37.9 Å². The van der Waals surface area contributed by atoms with Crippen LogP contribution in [0, 0.1) is 0 Å². The molecule has 2 heterocycles. The Balaban J connectivity index is 1.51. The molecule has 4 amide bonds. The molecule has 1 aromatic rings. The van der Waals surface area contributed by atoms with Gasteiger partial charge in [-0.25, -0.2) is 0 Å². The second kappa shape index (κ2) is 11.0. The number of amides is 4. The maximum absolute atomic E-state index is 13.0. The van der Waals surface area contributed by atoms with Crippen molar-refractivity contribution in [2.24, 2.45) is 5.73 Å². The molecule has 0 radical (unpaired) electrons. The van der Waals surface area contributed by atoms with Crippen molar-refractivity contribution in [2.75, 3.05) is 13.2 Å². The Kier molecular flexibility index (Phi) is 8.17. The van der Waals surface area contributed by atoms with E-state index in [1.807, 2.05) is 0 Å². The van der Waals surface area contributed by atoms with Crippen LogP contribution >= 0.6 is 0 Å². The smallest absolute Gasteiger partial charge is 0.266 e. The number of nitrogens with one attached hydrogen (secondary N) is 1. The summed E-state index contributed by atoms with van der Waals surface area (Å²) in [6, 6.07) is 3.95. The monoisotopic (exact) mass is 429 g/mol. The standard InChI is InChI=1S/C23H31N3O5/c24-14-7-5-3-1-2-4-6-8-15-31-18-11-9-10-16-20(18)23(30)26(22(16)29)17-12-13-19(27)25-21(17)28/h9-11,17H,1-8,12-15,24H2,(H,25,27,28). The molecule has 1 aromatic carbocycles. The molecule has 3 N–H and O–H groups in total. The van der Waals surface area contributed by atoms with E-state index in [9.17, 15) is 19.2 Å². The van der Waals surface area contributed by atoms with E-state index in [0.29, 0.717) is 12.4 Å². The molecule has 1 atom stereocenters. The van der Waals surface area contributed by atoms with Crippen molar-refractivity contribution in [3.8, 4) is 5.75 Å². The number of nitrogens with zero attached hydrogens (tertiary/aromatic N) is 1. The third-order valence-electron chi connectivity index (χ3n) is 5.79. The van der Waals surface area contributed by atoms with Crippen LogP contribution in [0.5, 0.6) is 5.75 Å². The van der Waals surface area contributed by atoms with Crippen molar-refractivity contribution in [3.63, 3.8) is 0 Å². The molecule has 2 aliphatic heterocycles. The zero-order valence-corrected chi connectivity index (χ0v) is 17.9. The zero-order valence-electron chi connectivity index (χ0n) is 17.9. The van der Waals surface area contributed by atoms with E-state index in [4.69, 9.17) is 10.5 Å². The average Bonchev–Trinajstić information content (AvgIpc) is 3.01. The van der Waals surface area contributed by atoms with Gasteiger partial charge < -0.3 is 10.5 Å². The van der Waals surface area contributed by atoms with Crippen LogP contribution in [-0.2, 0) is 9.59 Å². The van der Waals surface area contributed by atoms with Crippen LogP contribution in [-0.4, -0.2) is 47.7 Å². The second-order valence-electron chi connectivity index (χ2n) is 8.09. The molecule has 0 aliphatic carbocycles. The van der Waals surface area contributed by atoms with Crippen molar-refractivity contribution in [2.45, 2.75) is 70.3 Å². The number of rotatable bonds is 12. The number of unbranched alkanes of at least 4 members (excludes halogenated alkanes) is 7. The number of carbonyl (C=O) groups excluding carboxylic acids is 4. The fourth-order valence-electron chi connectivity index (χ4n) is 4.09. The van der Waals surface area contributed by atoms with E-state index in [-0.39, 0.29) is 24.0 Å². The van der Waals surface area contributed by atoms with Crippen LogP contribution in [0.2, 0.25) is 0 Å². The van der Waals surface area contributed by atoms with Gasteiger partial charge in [-0.15, -0.1) is 0 Å². The molecule has 31 heavy (non-hydrogen) atoms. The molecule has 2 aliphatic rings. The number of fused-ring (bicyclic) bond motifs is 1. The summed E-state index contributed by atoms with van der Waals surface area (Å²) in [5.74, 6) is -1.70. The number of benzene rings is 1. The molecule has 3 rings (SSSR count). The topological polar surface area (TPSA) is 119 Å². The van der Waals surface area contributed by atoms with E-state index < -0.39 is 29.7 Å². The maximum atomic E-state index is 13.0. The zero-order chi connectivity index (χ0) is 22.2. The molecular formula is C23H31N3O5. The Morgan fingerprint density at radius 1 is 0.935 bits per heavy atom. The van der Waals surface area contributed by atoms with Gasteiger partial charge in [0.15, 0.2) is 0 Å². The van der Waals surface area contributed by atoms with Gasteiger partial charge in [0.05, 0.1) is 17.7 Å². The van der Waals surface area contributed by atoms with Crippen molar-refractivity contribution in [1.82, 2.24) is 10.2 Å². The van der Waals surface area contributed by atoms with Gasteiger partial charge in [0.1, 0.15) is 11.8 Å². The summed E-state index contributed by atoms with van der Waals surface area (Å²) in [6.07, 6.45) is 9.21. The maximum Gasteiger partial charge on any atom is 0.266 e. The van der Waals surface area contributed by atoms with Gasteiger partial charge >= 0.3 is 0 Å². The van der Waals surface area contributed by atoms with Gasteiger partial charge in [-0.1, -0.05) is 44.6 Å². The van der Waals surface area contributed by atoms with Crippen molar-refractivity contribution < 1.29 is 23.9 Å². The quantitative estimate of drug-likeness (QED) is 0.389. The summed E-state index contributed by atoms with van der Waals surface area (Å²) in [5, 5.41) is 2.20. The number of nitrogens with two attached hydrogens (primary N) is 1.